The standard InChI is InChI=1S/C7H15NO/c1-6(8)5-9-7-3-2-4-7/h6-7H,2-5,8H2,1H3/t6-/m0/s1. The van der Waals surface area contributed by atoms with E-state index in [2.05, 4.69) is 0 Å². The molecule has 0 aromatic heterocycles. The molecule has 1 rings (SSSR count). The van der Waals surface area contributed by atoms with Gasteiger partial charge in [0.2, 0.25) is 0 Å². The zero-order valence-corrected chi connectivity index (χ0v) is 5.97. The maximum atomic E-state index is 5.49. The molecule has 2 nitrogen and oxygen atoms in total. The van der Waals surface area contributed by atoms with Gasteiger partial charge in [0.25, 0.3) is 0 Å². The summed E-state index contributed by atoms with van der Waals surface area (Å²) in [6.45, 7) is 2.70. The van der Waals surface area contributed by atoms with E-state index in [1.54, 1.807) is 0 Å². The first-order chi connectivity index (χ1) is 4.29. The molecule has 1 aliphatic carbocycles. The molecule has 1 saturated carbocycles. The topological polar surface area (TPSA) is 35.2 Å². The van der Waals surface area contributed by atoms with Crippen molar-refractivity contribution in [3.8, 4) is 0 Å². The fourth-order valence-corrected chi connectivity index (χ4v) is 0.825. The summed E-state index contributed by atoms with van der Waals surface area (Å²) in [4.78, 5) is 0. The van der Waals surface area contributed by atoms with E-state index in [1.807, 2.05) is 6.92 Å². The van der Waals surface area contributed by atoms with Crippen molar-refractivity contribution < 1.29 is 4.74 Å². The van der Waals surface area contributed by atoms with Crippen LogP contribution in [0.4, 0.5) is 0 Å². The van der Waals surface area contributed by atoms with E-state index in [4.69, 9.17) is 10.5 Å². The van der Waals surface area contributed by atoms with Gasteiger partial charge in [-0.3, -0.25) is 0 Å². The van der Waals surface area contributed by atoms with Crippen LogP contribution in [-0.4, -0.2) is 18.8 Å². The van der Waals surface area contributed by atoms with Crippen molar-refractivity contribution in [1.29, 1.82) is 0 Å². The predicted octanol–water partition coefficient (Wildman–Crippen LogP) is 0.903. The van der Waals surface area contributed by atoms with Crippen LogP contribution in [0, 0.1) is 0 Å². The highest BCUT2D eigenvalue weighted by Crippen LogP contribution is 2.21. The second-order valence-corrected chi connectivity index (χ2v) is 2.86. The van der Waals surface area contributed by atoms with Crippen LogP contribution in [-0.2, 0) is 4.74 Å². The monoisotopic (exact) mass is 129 g/mol. The van der Waals surface area contributed by atoms with Gasteiger partial charge in [0.05, 0.1) is 12.7 Å². The van der Waals surface area contributed by atoms with Crippen LogP contribution < -0.4 is 5.73 Å². The Morgan fingerprint density at radius 2 is 2.33 bits per heavy atom. The largest absolute Gasteiger partial charge is 0.377 e. The summed E-state index contributed by atoms with van der Waals surface area (Å²) in [7, 11) is 0. The summed E-state index contributed by atoms with van der Waals surface area (Å²) >= 11 is 0. The lowest BCUT2D eigenvalue weighted by Gasteiger charge is -2.26. The zero-order valence-electron chi connectivity index (χ0n) is 5.97. The number of nitrogens with two attached hydrogens (primary N) is 1. The third-order valence-electron chi connectivity index (χ3n) is 1.65. The molecule has 1 aliphatic rings. The fraction of sp³-hybridized carbons (Fsp3) is 1.00. The quantitative estimate of drug-likeness (QED) is 0.614. The maximum Gasteiger partial charge on any atom is 0.0618 e. The SMILES string of the molecule is C[C@H](N)COC1CCC1. The van der Waals surface area contributed by atoms with Gasteiger partial charge in [-0.05, 0) is 26.2 Å². The molecule has 0 amide bonds. The highest BCUT2D eigenvalue weighted by Gasteiger charge is 2.17. The van der Waals surface area contributed by atoms with E-state index in [9.17, 15) is 0 Å². The lowest BCUT2D eigenvalue weighted by molar-refractivity contribution is -0.00235. The molecule has 0 saturated heterocycles. The summed E-state index contributed by atoms with van der Waals surface area (Å²) in [6.07, 6.45) is 4.36. The Kier molecular flexibility index (Phi) is 2.49. The molecule has 2 heteroatoms. The number of rotatable bonds is 3. The molecule has 0 unspecified atom stereocenters. The zero-order chi connectivity index (χ0) is 6.69. The summed E-state index contributed by atoms with van der Waals surface area (Å²) < 4.78 is 5.41. The molecule has 9 heavy (non-hydrogen) atoms. The number of hydrogen-bond acceptors (Lipinski definition) is 2. The van der Waals surface area contributed by atoms with Crippen molar-refractivity contribution in [3.63, 3.8) is 0 Å². The molecule has 1 atom stereocenters. The van der Waals surface area contributed by atoms with Crippen molar-refractivity contribution in [1.82, 2.24) is 0 Å². The first kappa shape index (κ1) is 7.03. The van der Waals surface area contributed by atoms with Crippen LogP contribution in [0.1, 0.15) is 26.2 Å². The Bertz CT molecular complexity index is 79.0. The molecular weight excluding hydrogens is 114 g/mol. The van der Waals surface area contributed by atoms with E-state index < -0.39 is 0 Å². The van der Waals surface area contributed by atoms with Crippen LogP contribution in [0.2, 0.25) is 0 Å². The molecule has 0 heterocycles. The highest BCUT2D eigenvalue weighted by molar-refractivity contribution is 4.69. The lowest BCUT2D eigenvalue weighted by atomic mass is 9.96. The van der Waals surface area contributed by atoms with E-state index in [0.717, 1.165) is 6.61 Å². The van der Waals surface area contributed by atoms with Crippen molar-refractivity contribution in [2.24, 2.45) is 5.73 Å². The van der Waals surface area contributed by atoms with Crippen LogP contribution in [0.15, 0.2) is 0 Å². The van der Waals surface area contributed by atoms with Gasteiger partial charge >= 0.3 is 0 Å². The Hall–Kier alpha value is -0.0800. The minimum atomic E-state index is 0.200. The first-order valence-corrected chi connectivity index (χ1v) is 3.66. The Balaban J connectivity index is 1.91. The second kappa shape index (κ2) is 3.18. The second-order valence-electron chi connectivity index (χ2n) is 2.86. The Morgan fingerprint density at radius 1 is 1.67 bits per heavy atom. The summed E-state index contributed by atoms with van der Waals surface area (Å²) in [5, 5.41) is 0. The van der Waals surface area contributed by atoms with Crippen LogP contribution in [0.5, 0.6) is 0 Å². The molecule has 0 aliphatic heterocycles. The first-order valence-electron chi connectivity index (χ1n) is 3.66. The van der Waals surface area contributed by atoms with Gasteiger partial charge < -0.3 is 10.5 Å². The number of hydrogen-bond donors (Lipinski definition) is 1. The van der Waals surface area contributed by atoms with E-state index in [1.165, 1.54) is 19.3 Å². The minimum Gasteiger partial charge on any atom is -0.377 e. The van der Waals surface area contributed by atoms with Crippen molar-refractivity contribution in [3.05, 3.63) is 0 Å². The van der Waals surface area contributed by atoms with Gasteiger partial charge in [0, 0.05) is 6.04 Å². The highest BCUT2D eigenvalue weighted by atomic mass is 16.5. The smallest absolute Gasteiger partial charge is 0.0618 e. The van der Waals surface area contributed by atoms with Gasteiger partial charge in [0.1, 0.15) is 0 Å². The molecule has 0 aromatic carbocycles. The Labute approximate surface area is 56.4 Å². The summed E-state index contributed by atoms with van der Waals surface area (Å²) in [5.41, 5.74) is 5.49. The predicted molar refractivity (Wildman–Crippen MR) is 37.2 cm³/mol. The summed E-state index contributed by atoms with van der Waals surface area (Å²) in [5.74, 6) is 0. The molecule has 54 valence electrons. The van der Waals surface area contributed by atoms with Gasteiger partial charge in [-0.1, -0.05) is 0 Å². The van der Waals surface area contributed by atoms with E-state index in [-0.39, 0.29) is 6.04 Å². The van der Waals surface area contributed by atoms with Crippen molar-refractivity contribution in [2.75, 3.05) is 6.61 Å². The van der Waals surface area contributed by atoms with Gasteiger partial charge in [0.15, 0.2) is 0 Å². The lowest BCUT2D eigenvalue weighted by Crippen LogP contribution is -2.29. The number of ether oxygens (including phenoxy) is 1. The molecule has 0 bridgehead atoms. The molecule has 1 fully saturated rings. The molecule has 0 spiro atoms. The van der Waals surface area contributed by atoms with Gasteiger partial charge in [-0.2, -0.15) is 0 Å². The van der Waals surface area contributed by atoms with E-state index >= 15 is 0 Å². The maximum absolute atomic E-state index is 5.49. The van der Waals surface area contributed by atoms with Crippen LogP contribution in [0.25, 0.3) is 0 Å². The Morgan fingerprint density at radius 3 is 2.67 bits per heavy atom. The fourth-order valence-electron chi connectivity index (χ4n) is 0.825. The minimum absolute atomic E-state index is 0.200. The molecule has 0 radical (unpaired) electrons. The van der Waals surface area contributed by atoms with Crippen molar-refractivity contribution >= 4 is 0 Å². The van der Waals surface area contributed by atoms with Gasteiger partial charge in [-0.15, -0.1) is 0 Å². The molecule has 0 aromatic rings. The molecular formula is C7H15NO. The van der Waals surface area contributed by atoms with Crippen LogP contribution in [0.3, 0.4) is 0 Å². The van der Waals surface area contributed by atoms with Gasteiger partial charge in [-0.25, -0.2) is 0 Å². The van der Waals surface area contributed by atoms with Crippen LogP contribution >= 0.6 is 0 Å². The summed E-state index contributed by atoms with van der Waals surface area (Å²) in [6, 6.07) is 0.200. The van der Waals surface area contributed by atoms with Crippen molar-refractivity contribution in [2.45, 2.75) is 38.3 Å². The average Bonchev–Trinajstić information content (AvgIpc) is 1.60. The average molecular weight is 129 g/mol. The normalized spacial score (nSPS) is 23.3. The third kappa shape index (κ3) is 2.33. The third-order valence-corrected chi connectivity index (χ3v) is 1.65. The molecule has 2 N–H and O–H groups in total. The van der Waals surface area contributed by atoms with E-state index in [0.29, 0.717) is 6.10 Å².